The van der Waals surface area contributed by atoms with Crippen molar-refractivity contribution in [2.24, 2.45) is 0 Å². The summed E-state index contributed by atoms with van der Waals surface area (Å²) in [5.74, 6) is 0. The van der Waals surface area contributed by atoms with Crippen LogP contribution in [0.5, 0.6) is 0 Å². The Kier molecular flexibility index (Phi) is 3.02. The molecule has 0 aliphatic rings. The molecule has 0 bridgehead atoms. The normalized spacial score (nSPS) is 12.1. The predicted octanol–water partition coefficient (Wildman–Crippen LogP) is 4.80. The van der Waals surface area contributed by atoms with Gasteiger partial charge in [-0.15, -0.1) is 11.3 Å². The van der Waals surface area contributed by atoms with Gasteiger partial charge in [-0.2, -0.15) is 0 Å². The Morgan fingerprint density at radius 2 is 1.93 bits per heavy atom. The summed E-state index contributed by atoms with van der Waals surface area (Å²) in [6, 6.07) is 8.56. The molecule has 0 N–H and O–H groups in total. The van der Waals surface area contributed by atoms with Gasteiger partial charge in [-0.3, -0.25) is 0 Å². The number of rotatable bonds is 2. The van der Waals surface area contributed by atoms with Gasteiger partial charge in [-0.25, -0.2) is 0 Å². The monoisotopic (exact) mass is 214 g/mol. The van der Waals surface area contributed by atoms with Crippen LogP contribution in [-0.2, 0) is 0 Å². The summed E-state index contributed by atoms with van der Waals surface area (Å²) in [6.45, 7) is 4.21. The second kappa shape index (κ2) is 4.45. The van der Waals surface area contributed by atoms with Crippen LogP contribution in [0.25, 0.3) is 16.2 Å². The minimum absolute atomic E-state index is 1.36. The van der Waals surface area contributed by atoms with Gasteiger partial charge in [0.15, 0.2) is 0 Å². The highest BCUT2D eigenvalue weighted by Gasteiger charge is 2.04. The Bertz CT molecular complexity index is 515. The van der Waals surface area contributed by atoms with Crippen LogP contribution in [0.1, 0.15) is 17.4 Å². The van der Waals surface area contributed by atoms with Gasteiger partial charge in [0.2, 0.25) is 0 Å². The number of benzene rings is 1. The first-order valence-corrected chi connectivity index (χ1v) is 5.92. The molecule has 15 heavy (non-hydrogen) atoms. The van der Waals surface area contributed by atoms with Crippen molar-refractivity contribution in [1.29, 1.82) is 0 Å². The largest absolute Gasteiger partial charge is 0.140 e. The van der Waals surface area contributed by atoms with E-state index in [-0.39, 0.29) is 0 Å². The Hall–Kier alpha value is -1.34. The van der Waals surface area contributed by atoms with Crippen molar-refractivity contribution in [2.75, 3.05) is 0 Å². The summed E-state index contributed by atoms with van der Waals surface area (Å²) in [4.78, 5) is 1.39. The maximum absolute atomic E-state index is 2.19. The van der Waals surface area contributed by atoms with E-state index in [0.717, 1.165) is 0 Å². The van der Waals surface area contributed by atoms with Crippen molar-refractivity contribution in [2.45, 2.75) is 13.8 Å². The first kappa shape index (κ1) is 10.2. The number of thiophene rings is 1. The lowest BCUT2D eigenvalue weighted by atomic mass is 10.1. The Balaban J connectivity index is 2.54. The average molecular weight is 214 g/mol. The molecule has 0 fully saturated rings. The highest BCUT2D eigenvalue weighted by Crippen LogP contribution is 2.31. The number of aryl methyl sites for hydroxylation is 1. The molecular formula is C14H14S. The van der Waals surface area contributed by atoms with Crippen molar-refractivity contribution >= 4 is 27.5 Å². The van der Waals surface area contributed by atoms with Crippen LogP contribution in [-0.4, -0.2) is 0 Å². The quantitative estimate of drug-likeness (QED) is 0.630. The van der Waals surface area contributed by atoms with Crippen molar-refractivity contribution < 1.29 is 0 Å². The molecule has 1 aromatic heterocycles. The van der Waals surface area contributed by atoms with Gasteiger partial charge in [0.1, 0.15) is 0 Å². The lowest BCUT2D eigenvalue weighted by Crippen LogP contribution is -1.70. The van der Waals surface area contributed by atoms with Gasteiger partial charge in [0, 0.05) is 9.58 Å². The summed E-state index contributed by atoms with van der Waals surface area (Å²) in [5, 5.41) is 1.36. The Labute approximate surface area is 94.6 Å². The average Bonchev–Trinajstić information content (AvgIpc) is 2.56. The molecule has 0 aliphatic carbocycles. The first-order chi connectivity index (χ1) is 7.33. The molecule has 0 saturated carbocycles. The van der Waals surface area contributed by atoms with Crippen LogP contribution in [0.2, 0.25) is 0 Å². The van der Waals surface area contributed by atoms with Gasteiger partial charge in [0.25, 0.3) is 0 Å². The van der Waals surface area contributed by atoms with E-state index >= 15 is 0 Å². The summed E-state index contributed by atoms with van der Waals surface area (Å²) in [6.07, 6.45) is 8.39. The van der Waals surface area contributed by atoms with Gasteiger partial charge in [-0.05, 0) is 30.9 Å². The van der Waals surface area contributed by atoms with Crippen molar-refractivity contribution in [3.05, 3.63) is 52.9 Å². The van der Waals surface area contributed by atoms with E-state index in [4.69, 9.17) is 0 Å². The minimum atomic E-state index is 1.36. The molecule has 76 valence electrons. The minimum Gasteiger partial charge on any atom is -0.140 e. The molecule has 2 rings (SSSR count). The lowest BCUT2D eigenvalue weighted by molar-refractivity contribution is 1.61. The SMILES string of the molecule is C/C=C/C=C\c1c(C)sc2ccccc12. The second-order valence-electron chi connectivity index (χ2n) is 3.45. The maximum atomic E-state index is 2.19. The van der Waals surface area contributed by atoms with Crippen LogP contribution < -0.4 is 0 Å². The van der Waals surface area contributed by atoms with Crippen LogP contribution >= 0.6 is 11.3 Å². The van der Waals surface area contributed by atoms with Crippen LogP contribution in [0.4, 0.5) is 0 Å². The van der Waals surface area contributed by atoms with Gasteiger partial charge < -0.3 is 0 Å². The lowest BCUT2D eigenvalue weighted by Gasteiger charge is -1.91. The van der Waals surface area contributed by atoms with E-state index < -0.39 is 0 Å². The number of fused-ring (bicyclic) bond motifs is 1. The number of hydrogen-bond donors (Lipinski definition) is 0. The molecule has 0 nitrogen and oxygen atoms in total. The molecule has 1 aromatic carbocycles. The van der Waals surface area contributed by atoms with E-state index in [1.807, 2.05) is 24.3 Å². The summed E-state index contributed by atoms with van der Waals surface area (Å²) >= 11 is 1.86. The number of hydrogen-bond acceptors (Lipinski definition) is 1. The predicted molar refractivity (Wildman–Crippen MR) is 70.4 cm³/mol. The van der Waals surface area contributed by atoms with Gasteiger partial charge in [-0.1, -0.05) is 42.5 Å². The van der Waals surface area contributed by atoms with E-state index in [1.54, 1.807) is 0 Å². The van der Waals surface area contributed by atoms with E-state index in [1.165, 1.54) is 20.5 Å². The topological polar surface area (TPSA) is 0 Å². The zero-order valence-corrected chi connectivity index (χ0v) is 9.84. The van der Waals surface area contributed by atoms with Gasteiger partial charge in [0.05, 0.1) is 0 Å². The zero-order chi connectivity index (χ0) is 10.7. The van der Waals surface area contributed by atoms with Crippen molar-refractivity contribution in [3.8, 4) is 0 Å². The molecule has 1 heterocycles. The van der Waals surface area contributed by atoms with Crippen LogP contribution in [0.3, 0.4) is 0 Å². The summed E-state index contributed by atoms with van der Waals surface area (Å²) < 4.78 is 1.37. The molecule has 0 amide bonds. The first-order valence-electron chi connectivity index (χ1n) is 5.10. The highest BCUT2D eigenvalue weighted by atomic mass is 32.1. The Morgan fingerprint density at radius 1 is 1.13 bits per heavy atom. The second-order valence-corrected chi connectivity index (χ2v) is 4.71. The van der Waals surface area contributed by atoms with E-state index in [2.05, 4.69) is 49.4 Å². The number of allylic oxidation sites excluding steroid dienone is 3. The van der Waals surface area contributed by atoms with Crippen molar-refractivity contribution in [3.63, 3.8) is 0 Å². The standard InChI is InChI=1S/C14H14S/c1-3-4-5-8-12-11(2)15-14-10-7-6-9-13(12)14/h3-10H,1-2H3/b4-3+,8-5-. The summed E-state index contributed by atoms with van der Waals surface area (Å²) in [7, 11) is 0. The molecule has 0 spiro atoms. The smallest absolute Gasteiger partial charge is 0.0351 e. The molecule has 1 heteroatoms. The zero-order valence-electron chi connectivity index (χ0n) is 9.03. The molecular weight excluding hydrogens is 200 g/mol. The fourth-order valence-corrected chi connectivity index (χ4v) is 2.71. The van der Waals surface area contributed by atoms with Gasteiger partial charge >= 0.3 is 0 Å². The van der Waals surface area contributed by atoms with E-state index in [0.29, 0.717) is 0 Å². The fourth-order valence-electron chi connectivity index (χ4n) is 1.66. The Morgan fingerprint density at radius 3 is 2.73 bits per heavy atom. The molecule has 0 aliphatic heterocycles. The van der Waals surface area contributed by atoms with E-state index in [9.17, 15) is 0 Å². The molecule has 0 saturated heterocycles. The van der Waals surface area contributed by atoms with Crippen LogP contribution in [0, 0.1) is 6.92 Å². The van der Waals surface area contributed by atoms with Crippen LogP contribution in [0.15, 0.2) is 42.5 Å². The maximum Gasteiger partial charge on any atom is 0.0351 e. The summed E-state index contributed by atoms with van der Waals surface area (Å²) in [5.41, 5.74) is 1.36. The molecule has 2 aromatic rings. The highest BCUT2D eigenvalue weighted by molar-refractivity contribution is 7.19. The van der Waals surface area contributed by atoms with Crippen molar-refractivity contribution in [1.82, 2.24) is 0 Å². The molecule has 0 radical (unpaired) electrons. The third kappa shape index (κ3) is 2.02. The molecule has 0 unspecified atom stereocenters. The third-order valence-corrected chi connectivity index (χ3v) is 3.49. The third-order valence-electron chi connectivity index (χ3n) is 2.39. The fraction of sp³-hybridized carbons (Fsp3) is 0.143. The molecule has 0 atom stereocenters.